The fourth-order valence-electron chi connectivity index (χ4n) is 1.81. The zero-order chi connectivity index (χ0) is 14.0. The van der Waals surface area contributed by atoms with Gasteiger partial charge in [-0.25, -0.2) is 0 Å². The number of fused-ring (bicyclic) bond motifs is 1. The third-order valence-corrected chi connectivity index (χ3v) is 2.70. The Bertz CT molecular complexity index is 705. The number of hydrogen-bond donors (Lipinski definition) is 2. The molecule has 0 unspecified atom stereocenters. The zero-order valence-electron chi connectivity index (χ0n) is 10.2. The molecule has 0 aliphatic carbocycles. The minimum Gasteiger partial charge on any atom is -0.480 e. The molecule has 0 bridgehead atoms. The van der Waals surface area contributed by atoms with E-state index in [1.165, 1.54) is 13.1 Å². The van der Waals surface area contributed by atoms with Crippen molar-refractivity contribution in [1.82, 2.24) is 9.88 Å². The number of aliphatic carboxylic acids is 1. The average Bonchev–Trinajstić information content (AvgIpc) is 2.37. The molecule has 6 heteroatoms. The summed E-state index contributed by atoms with van der Waals surface area (Å²) >= 11 is 0. The van der Waals surface area contributed by atoms with Crippen LogP contribution in [0.25, 0.3) is 10.8 Å². The summed E-state index contributed by atoms with van der Waals surface area (Å²) in [6.45, 7) is -0.423. The smallest absolute Gasteiger partial charge is 0.323 e. The van der Waals surface area contributed by atoms with Crippen LogP contribution in [0.2, 0.25) is 0 Å². The Kier molecular flexibility index (Phi) is 3.33. The predicted octanol–water partition coefficient (Wildman–Crippen LogP) is 0.685. The van der Waals surface area contributed by atoms with Gasteiger partial charge in [0.25, 0.3) is 11.5 Å². The highest BCUT2D eigenvalue weighted by Crippen LogP contribution is 2.10. The van der Waals surface area contributed by atoms with Gasteiger partial charge in [-0.3, -0.25) is 14.4 Å². The van der Waals surface area contributed by atoms with Gasteiger partial charge >= 0.3 is 5.97 Å². The molecule has 0 aliphatic heterocycles. The molecule has 1 amide bonds. The molecular formula is C13H12N2O4. The fourth-order valence-corrected chi connectivity index (χ4v) is 1.81. The quantitative estimate of drug-likeness (QED) is 0.849. The van der Waals surface area contributed by atoms with Gasteiger partial charge in [-0.1, -0.05) is 18.2 Å². The van der Waals surface area contributed by atoms with Crippen LogP contribution >= 0.6 is 0 Å². The summed E-state index contributed by atoms with van der Waals surface area (Å²) in [5, 5.41) is 9.76. The first-order valence-electron chi connectivity index (χ1n) is 5.58. The Balaban J connectivity index is 2.43. The molecule has 98 valence electrons. The minimum absolute atomic E-state index is 0.0763. The van der Waals surface area contributed by atoms with Crippen molar-refractivity contribution in [2.75, 3.05) is 13.6 Å². The van der Waals surface area contributed by atoms with Crippen LogP contribution in [0.4, 0.5) is 0 Å². The monoisotopic (exact) mass is 260 g/mol. The highest BCUT2D eigenvalue weighted by atomic mass is 16.4. The van der Waals surface area contributed by atoms with Crippen LogP contribution in [-0.4, -0.2) is 40.5 Å². The topological polar surface area (TPSA) is 90.5 Å². The number of pyridine rings is 1. The molecule has 0 radical (unpaired) electrons. The van der Waals surface area contributed by atoms with E-state index in [-0.39, 0.29) is 11.3 Å². The predicted molar refractivity (Wildman–Crippen MR) is 69.2 cm³/mol. The summed E-state index contributed by atoms with van der Waals surface area (Å²) in [5.41, 5.74) is -0.294. The Morgan fingerprint density at radius 3 is 2.68 bits per heavy atom. The molecule has 0 spiro atoms. The number of aromatic nitrogens is 1. The molecular weight excluding hydrogens is 248 g/mol. The molecule has 6 nitrogen and oxygen atoms in total. The van der Waals surface area contributed by atoms with E-state index in [0.717, 1.165) is 4.90 Å². The second-order valence-corrected chi connectivity index (χ2v) is 4.15. The van der Waals surface area contributed by atoms with E-state index in [9.17, 15) is 14.4 Å². The van der Waals surface area contributed by atoms with Gasteiger partial charge in [0.15, 0.2) is 0 Å². The number of nitrogens with zero attached hydrogens (tertiary/aromatic N) is 1. The average molecular weight is 260 g/mol. The SMILES string of the molecule is CN(CC(=O)O)C(=O)c1cc2ccccc2c(=O)[nH]1. The van der Waals surface area contributed by atoms with Crippen molar-refractivity contribution in [3.63, 3.8) is 0 Å². The molecule has 0 fully saturated rings. The standard InChI is InChI=1S/C13H12N2O4/c1-15(7-11(16)17)13(19)10-6-8-4-2-3-5-9(8)12(18)14-10/h2-6H,7H2,1H3,(H,14,18)(H,16,17). The maximum absolute atomic E-state index is 12.0. The lowest BCUT2D eigenvalue weighted by Crippen LogP contribution is -2.33. The number of carbonyl (C=O) groups is 2. The maximum Gasteiger partial charge on any atom is 0.323 e. The van der Waals surface area contributed by atoms with Gasteiger partial charge < -0.3 is 15.0 Å². The summed E-state index contributed by atoms with van der Waals surface area (Å²) in [6.07, 6.45) is 0. The Labute approximate surface area is 108 Å². The van der Waals surface area contributed by atoms with Crippen LogP contribution in [0.1, 0.15) is 10.5 Å². The van der Waals surface area contributed by atoms with E-state index < -0.39 is 18.4 Å². The van der Waals surface area contributed by atoms with Gasteiger partial charge in [0, 0.05) is 12.4 Å². The molecule has 0 saturated heterocycles. The van der Waals surface area contributed by atoms with Crippen molar-refractivity contribution in [1.29, 1.82) is 0 Å². The van der Waals surface area contributed by atoms with E-state index in [4.69, 9.17) is 5.11 Å². The number of carboxylic acid groups (broad SMARTS) is 1. The number of aromatic amines is 1. The van der Waals surface area contributed by atoms with Crippen molar-refractivity contribution in [3.05, 3.63) is 46.4 Å². The largest absolute Gasteiger partial charge is 0.480 e. The molecule has 1 aromatic carbocycles. The molecule has 1 heterocycles. The van der Waals surface area contributed by atoms with Gasteiger partial charge in [-0.05, 0) is 17.5 Å². The van der Waals surface area contributed by atoms with Crippen molar-refractivity contribution >= 4 is 22.6 Å². The fraction of sp³-hybridized carbons (Fsp3) is 0.154. The van der Waals surface area contributed by atoms with Crippen LogP contribution in [0, 0.1) is 0 Å². The second-order valence-electron chi connectivity index (χ2n) is 4.15. The molecule has 2 aromatic rings. The summed E-state index contributed by atoms with van der Waals surface area (Å²) < 4.78 is 0. The highest BCUT2D eigenvalue weighted by molar-refractivity contribution is 5.97. The number of benzene rings is 1. The van der Waals surface area contributed by atoms with Crippen LogP contribution in [0.5, 0.6) is 0 Å². The minimum atomic E-state index is -1.11. The summed E-state index contributed by atoms with van der Waals surface area (Å²) in [7, 11) is 1.37. The van der Waals surface area contributed by atoms with E-state index >= 15 is 0 Å². The number of hydrogen-bond acceptors (Lipinski definition) is 3. The number of nitrogens with one attached hydrogen (secondary N) is 1. The van der Waals surface area contributed by atoms with E-state index in [1.807, 2.05) is 0 Å². The Morgan fingerprint density at radius 1 is 1.32 bits per heavy atom. The first kappa shape index (κ1) is 12.8. The Morgan fingerprint density at radius 2 is 2.00 bits per heavy atom. The second kappa shape index (κ2) is 4.93. The van der Waals surface area contributed by atoms with Gasteiger partial charge in [0.2, 0.25) is 0 Å². The third-order valence-electron chi connectivity index (χ3n) is 2.70. The number of likely N-dealkylation sites (N-methyl/N-ethyl adjacent to an activating group) is 1. The Hall–Kier alpha value is -2.63. The molecule has 0 saturated carbocycles. The van der Waals surface area contributed by atoms with Crippen molar-refractivity contribution in [2.45, 2.75) is 0 Å². The number of H-pyrrole nitrogens is 1. The number of carbonyl (C=O) groups excluding carboxylic acids is 1. The molecule has 0 atom stereocenters. The summed E-state index contributed by atoms with van der Waals surface area (Å²) in [6, 6.07) is 8.41. The van der Waals surface area contributed by atoms with Crippen molar-refractivity contribution in [3.8, 4) is 0 Å². The van der Waals surface area contributed by atoms with Gasteiger partial charge in [0.1, 0.15) is 12.2 Å². The molecule has 19 heavy (non-hydrogen) atoms. The number of amides is 1. The lowest BCUT2D eigenvalue weighted by molar-refractivity contribution is -0.137. The lowest BCUT2D eigenvalue weighted by Gasteiger charge is -2.14. The molecule has 2 rings (SSSR count). The molecule has 1 aromatic heterocycles. The summed E-state index contributed by atoms with van der Waals surface area (Å²) in [5.74, 6) is -1.65. The number of carboxylic acids is 1. The van der Waals surface area contributed by atoms with Crippen LogP contribution in [0.3, 0.4) is 0 Å². The van der Waals surface area contributed by atoms with Gasteiger partial charge in [0.05, 0.1) is 0 Å². The molecule has 0 aliphatic rings. The summed E-state index contributed by atoms with van der Waals surface area (Å²) in [4.78, 5) is 37.8. The van der Waals surface area contributed by atoms with Gasteiger partial charge in [-0.2, -0.15) is 0 Å². The third kappa shape index (κ3) is 2.62. The van der Waals surface area contributed by atoms with Crippen molar-refractivity contribution < 1.29 is 14.7 Å². The van der Waals surface area contributed by atoms with Crippen LogP contribution in [-0.2, 0) is 4.79 Å². The number of rotatable bonds is 3. The zero-order valence-corrected chi connectivity index (χ0v) is 10.2. The first-order chi connectivity index (χ1) is 8.99. The highest BCUT2D eigenvalue weighted by Gasteiger charge is 2.16. The van der Waals surface area contributed by atoms with E-state index in [0.29, 0.717) is 10.8 Å². The van der Waals surface area contributed by atoms with Crippen LogP contribution < -0.4 is 5.56 Å². The van der Waals surface area contributed by atoms with Gasteiger partial charge in [-0.15, -0.1) is 0 Å². The van der Waals surface area contributed by atoms with Crippen LogP contribution in [0.15, 0.2) is 35.1 Å². The van der Waals surface area contributed by atoms with E-state index in [2.05, 4.69) is 4.98 Å². The molecule has 2 N–H and O–H groups in total. The maximum atomic E-state index is 12.0. The van der Waals surface area contributed by atoms with E-state index in [1.54, 1.807) is 24.3 Å². The normalized spacial score (nSPS) is 10.4. The van der Waals surface area contributed by atoms with Crippen molar-refractivity contribution in [2.24, 2.45) is 0 Å². The first-order valence-corrected chi connectivity index (χ1v) is 5.58. The lowest BCUT2D eigenvalue weighted by atomic mass is 10.1.